The predicted octanol–water partition coefficient (Wildman–Crippen LogP) is 4.47. The fourth-order valence-corrected chi connectivity index (χ4v) is 4.00. The lowest BCUT2D eigenvalue weighted by molar-refractivity contribution is 0.252. The topological polar surface area (TPSA) is 12.0 Å². The van der Waals surface area contributed by atoms with E-state index < -0.39 is 0 Å². The summed E-state index contributed by atoms with van der Waals surface area (Å²) in [5, 5.41) is 3.71. The summed E-state index contributed by atoms with van der Waals surface area (Å²) in [6, 6.07) is 4.69. The highest BCUT2D eigenvalue weighted by Gasteiger charge is 2.27. The molecule has 1 heterocycles. The number of hydrogen-bond donors (Lipinski definition) is 1. The fraction of sp³-hybridized carbons (Fsp3) is 0.647. The van der Waals surface area contributed by atoms with Crippen LogP contribution < -0.4 is 5.32 Å². The van der Waals surface area contributed by atoms with Gasteiger partial charge in [-0.2, -0.15) is 0 Å². The second kappa shape index (κ2) is 4.95. The first-order valence-corrected chi connectivity index (χ1v) is 7.58. The van der Waals surface area contributed by atoms with Gasteiger partial charge in [0.25, 0.3) is 0 Å². The summed E-state index contributed by atoms with van der Waals surface area (Å²) in [7, 11) is 0. The van der Waals surface area contributed by atoms with Crippen LogP contribution >= 0.6 is 0 Å². The van der Waals surface area contributed by atoms with Crippen molar-refractivity contribution in [3.05, 3.63) is 28.8 Å². The lowest BCUT2D eigenvalue weighted by Gasteiger charge is -2.35. The molecule has 1 atom stereocenters. The van der Waals surface area contributed by atoms with Crippen LogP contribution in [0.15, 0.2) is 12.1 Å². The van der Waals surface area contributed by atoms with E-state index in [-0.39, 0.29) is 0 Å². The molecule has 1 N–H and O–H groups in total. The van der Waals surface area contributed by atoms with Crippen molar-refractivity contribution in [3.8, 4) is 0 Å². The van der Waals surface area contributed by atoms with Gasteiger partial charge in [-0.15, -0.1) is 0 Å². The molecule has 98 valence electrons. The molecule has 18 heavy (non-hydrogen) atoms. The molecule has 0 bridgehead atoms. The zero-order valence-corrected chi connectivity index (χ0v) is 11.8. The number of nitrogens with one attached hydrogen (secondary N) is 1. The van der Waals surface area contributed by atoms with E-state index in [9.17, 15) is 0 Å². The Morgan fingerprint density at radius 1 is 1.00 bits per heavy atom. The van der Waals surface area contributed by atoms with Crippen LogP contribution in [0, 0.1) is 25.7 Å². The van der Waals surface area contributed by atoms with Crippen molar-refractivity contribution in [2.24, 2.45) is 11.8 Å². The molecule has 0 spiro atoms. The Balaban J connectivity index is 1.79. The molecule has 2 aliphatic rings. The van der Waals surface area contributed by atoms with E-state index in [2.05, 4.69) is 31.3 Å². The predicted molar refractivity (Wildman–Crippen MR) is 78.2 cm³/mol. The highest BCUT2D eigenvalue weighted by atomic mass is 14.9. The van der Waals surface area contributed by atoms with E-state index in [1.165, 1.54) is 61.9 Å². The molecule has 1 unspecified atom stereocenters. The van der Waals surface area contributed by atoms with E-state index in [1.807, 2.05) is 0 Å². The van der Waals surface area contributed by atoms with Crippen molar-refractivity contribution in [1.82, 2.24) is 0 Å². The number of hydrogen-bond acceptors (Lipinski definition) is 1. The van der Waals surface area contributed by atoms with Gasteiger partial charge in [-0.3, -0.25) is 0 Å². The van der Waals surface area contributed by atoms with E-state index in [4.69, 9.17) is 0 Å². The van der Waals surface area contributed by atoms with Gasteiger partial charge in [0.2, 0.25) is 0 Å². The Bertz CT molecular complexity index is 429. The van der Waals surface area contributed by atoms with Gasteiger partial charge in [-0.25, -0.2) is 0 Å². The molecule has 0 radical (unpaired) electrons. The van der Waals surface area contributed by atoms with Crippen molar-refractivity contribution in [1.29, 1.82) is 0 Å². The second-order valence-corrected chi connectivity index (χ2v) is 6.36. The number of rotatable bonds is 1. The third-order valence-corrected chi connectivity index (χ3v) is 4.90. The highest BCUT2D eigenvalue weighted by molar-refractivity contribution is 5.60. The molecule has 3 rings (SSSR count). The Hall–Kier alpha value is -0.980. The maximum atomic E-state index is 3.71. The van der Waals surface area contributed by atoms with Crippen LogP contribution in [0.1, 0.15) is 48.8 Å². The molecular weight excluding hydrogens is 218 g/mol. The van der Waals surface area contributed by atoms with Crippen LogP contribution in [0.4, 0.5) is 5.69 Å². The summed E-state index contributed by atoms with van der Waals surface area (Å²) in [5.41, 5.74) is 5.83. The number of anilines is 1. The van der Waals surface area contributed by atoms with Crippen molar-refractivity contribution in [2.75, 3.05) is 11.9 Å². The molecule has 1 fully saturated rings. The third kappa shape index (κ3) is 2.28. The van der Waals surface area contributed by atoms with Gasteiger partial charge in [0, 0.05) is 12.2 Å². The summed E-state index contributed by atoms with van der Waals surface area (Å²) in [4.78, 5) is 0. The van der Waals surface area contributed by atoms with Gasteiger partial charge in [0.05, 0.1) is 0 Å². The van der Waals surface area contributed by atoms with Crippen molar-refractivity contribution < 1.29 is 0 Å². The normalized spacial score (nSPS) is 24.4. The van der Waals surface area contributed by atoms with Crippen LogP contribution in [0.2, 0.25) is 0 Å². The molecule has 1 aromatic rings. The Labute approximate surface area is 111 Å². The van der Waals surface area contributed by atoms with Crippen LogP contribution in [-0.4, -0.2) is 6.54 Å². The SMILES string of the molecule is Cc1cc(C)c2c(c1)CC(C1CCCCC1)CN2. The molecule has 0 amide bonds. The fourth-order valence-electron chi connectivity index (χ4n) is 4.00. The molecule has 0 aromatic heterocycles. The van der Waals surface area contributed by atoms with Gasteiger partial charge in [-0.1, -0.05) is 49.8 Å². The summed E-state index contributed by atoms with van der Waals surface area (Å²) >= 11 is 0. The maximum Gasteiger partial charge on any atom is 0.0402 e. The summed E-state index contributed by atoms with van der Waals surface area (Å²) in [5.74, 6) is 1.85. The van der Waals surface area contributed by atoms with Crippen molar-refractivity contribution in [2.45, 2.75) is 52.4 Å². The molecule has 0 saturated heterocycles. The standard InChI is InChI=1S/C17H25N/c1-12-8-13(2)17-15(9-12)10-16(11-18-17)14-6-4-3-5-7-14/h8-9,14,16,18H,3-7,10-11H2,1-2H3. The van der Waals surface area contributed by atoms with Crippen LogP contribution in [0.3, 0.4) is 0 Å². The minimum absolute atomic E-state index is 0.874. The average molecular weight is 243 g/mol. The molecule has 1 aliphatic heterocycles. The van der Waals surface area contributed by atoms with E-state index >= 15 is 0 Å². The Morgan fingerprint density at radius 2 is 1.78 bits per heavy atom. The average Bonchev–Trinajstić information content (AvgIpc) is 2.39. The van der Waals surface area contributed by atoms with E-state index in [1.54, 1.807) is 5.56 Å². The Morgan fingerprint density at radius 3 is 2.56 bits per heavy atom. The quantitative estimate of drug-likeness (QED) is 0.767. The first-order valence-electron chi connectivity index (χ1n) is 7.58. The van der Waals surface area contributed by atoms with Gasteiger partial charge >= 0.3 is 0 Å². The number of fused-ring (bicyclic) bond motifs is 1. The first-order chi connectivity index (χ1) is 8.74. The van der Waals surface area contributed by atoms with E-state index in [0.717, 1.165) is 11.8 Å². The lowest BCUT2D eigenvalue weighted by Crippen LogP contribution is -2.31. The molecule has 1 aliphatic carbocycles. The summed E-state index contributed by atoms with van der Waals surface area (Å²) in [6.45, 7) is 5.65. The minimum Gasteiger partial charge on any atom is -0.384 e. The summed E-state index contributed by atoms with van der Waals surface area (Å²) in [6.07, 6.45) is 8.61. The first kappa shape index (κ1) is 12.1. The smallest absolute Gasteiger partial charge is 0.0402 e. The van der Waals surface area contributed by atoms with Crippen LogP contribution in [0.5, 0.6) is 0 Å². The monoisotopic (exact) mass is 243 g/mol. The molecule has 1 nitrogen and oxygen atoms in total. The zero-order chi connectivity index (χ0) is 12.5. The lowest BCUT2D eigenvalue weighted by atomic mass is 9.75. The molecule has 1 aromatic carbocycles. The largest absolute Gasteiger partial charge is 0.384 e. The van der Waals surface area contributed by atoms with Crippen molar-refractivity contribution >= 4 is 5.69 Å². The van der Waals surface area contributed by atoms with Gasteiger partial charge in [0.1, 0.15) is 0 Å². The zero-order valence-electron chi connectivity index (χ0n) is 11.8. The molecule has 1 heteroatoms. The third-order valence-electron chi connectivity index (χ3n) is 4.90. The number of benzene rings is 1. The molecular formula is C17H25N. The maximum absolute atomic E-state index is 3.71. The van der Waals surface area contributed by atoms with Gasteiger partial charge in [0.15, 0.2) is 0 Å². The minimum atomic E-state index is 0.874. The summed E-state index contributed by atoms with van der Waals surface area (Å²) < 4.78 is 0. The van der Waals surface area contributed by atoms with Crippen molar-refractivity contribution in [3.63, 3.8) is 0 Å². The van der Waals surface area contributed by atoms with Gasteiger partial charge < -0.3 is 5.32 Å². The van der Waals surface area contributed by atoms with E-state index in [0.29, 0.717) is 0 Å². The van der Waals surface area contributed by atoms with Crippen LogP contribution in [0.25, 0.3) is 0 Å². The second-order valence-electron chi connectivity index (χ2n) is 6.36. The highest BCUT2D eigenvalue weighted by Crippen LogP contribution is 2.37. The Kier molecular flexibility index (Phi) is 3.32. The number of aryl methyl sites for hydroxylation is 2. The molecule has 1 saturated carbocycles. The van der Waals surface area contributed by atoms with Gasteiger partial charge in [-0.05, 0) is 43.2 Å². The van der Waals surface area contributed by atoms with Crippen LogP contribution in [-0.2, 0) is 6.42 Å².